The molecular formula is C24H19ClFN3O4. The van der Waals surface area contributed by atoms with Crippen LogP contribution in [0.25, 0.3) is 22.4 Å². The number of hydrogen-bond donors (Lipinski definition) is 2. The second kappa shape index (κ2) is 8.63. The molecule has 0 saturated carbocycles. The van der Waals surface area contributed by atoms with E-state index < -0.39 is 18.0 Å². The largest absolute Gasteiger partial charge is 0.476 e. The van der Waals surface area contributed by atoms with Gasteiger partial charge >= 0.3 is 5.97 Å². The van der Waals surface area contributed by atoms with Crippen LogP contribution in [0.5, 0.6) is 0 Å². The van der Waals surface area contributed by atoms with E-state index in [0.717, 1.165) is 5.56 Å². The summed E-state index contributed by atoms with van der Waals surface area (Å²) in [7, 11) is 0. The lowest BCUT2D eigenvalue weighted by Gasteiger charge is -2.19. The summed E-state index contributed by atoms with van der Waals surface area (Å²) in [6.45, 7) is 5.25. The van der Waals surface area contributed by atoms with Gasteiger partial charge in [0.15, 0.2) is 16.9 Å². The molecule has 4 rings (SSSR count). The summed E-state index contributed by atoms with van der Waals surface area (Å²) in [4.78, 5) is 32.5. The summed E-state index contributed by atoms with van der Waals surface area (Å²) < 4.78 is 19.9. The van der Waals surface area contributed by atoms with Gasteiger partial charge in [0.1, 0.15) is 16.4 Å². The van der Waals surface area contributed by atoms with Crippen LogP contribution < -0.4 is 10.7 Å². The molecule has 0 radical (unpaired) electrons. The van der Waals surface area contributed by atoms with Gasteiger partial charge in [-0.25, -0.2) is 14.8 Å². The van der Waals surface area contributed by atoms with Crippen LogP contribution >= 0.6 is 11.6 Å². The highest BCUT2D eigenvalue weighted by molar-refractivity contribution is 6.29. The number of hydrogen-bond acceptors (Lipinski definition) is 6. The standard InChI is InChI=1S/C24H19ClFN3O4/c1-11-9-14(13(3)27-16-7-8-18(25)29-20(16)24(31)32)23-15(10-11)21(30)12(2)22(33-23)17-5-4-6-19(26)28-17/h4-10,13,27H,1-3H3,(H,31,32)/t13-/m1/s1. The fourth-order valence-corrected chi connectivity index (χ4v) is 3.84. The second-order valence-corrected chi connectivity index (χ2v) is 8.05. The highest BCUT2D eigenvalue weighted by atomic mass is 35.5. The molecule has 3 heterocycles. The maximum atomic E-state index is 13.7. The molecule has 2 N–H and O–H groups in total. The molecule has 168 valence electrons. The topological polar surface area (TPSA) is 105 Å². The average molecular weight is 468 g/mol. The zero-order valence-electron chi connectivity index (χ0n) is 17.9. The Labute approximate surface area is 192 Å². The molecule has 0 bridgehead atoms. The lowest BCUT2D eigenvalue weighted by atomic mass is 9.99. The molecule has 33 heavy (non-hydrogen) atoms. The van der Waals surface area contributed by atoms with Crippen LogP contribution in [0.1, 0.15) is 40.1 Å². The maximum absolute atomic E-state index is 13.7. The summed E-state index contributed by atoms with van der Waals surface area (Å²) in [6.07, 6.45) is 0. The van der Waals surface area contributed by atoms with Gasteiger partial charge in [-0.05, 0) is 56.7 Å². The number of nitrogens with one attached hydrogen (secondary N) is 1. The lowest BCUT2D eigenvalue weighted by molar-refractivity contribution is 0.0691. The van der Waals surface area contributed by atoms with Gasteiger partial charge < -0.3 is 14.8 Å². The Morgan fingerprint density at radius 3 is 2.64 bits per heavy atom. The van der Waals surface area contributed by atoms with E-state index in [1.807, 2.05) is 13.0 Å². The zero-order valence-corrected chi connectivity index (χ0v) is 18.7. The molecule has 0 aliphatic carbocycles. The average Bonchev–Trinajstić information content (AvgIpc) is 2.77. The number of rotatable bonds is 5. The van der Waals surface area contributed by atoms with E-state index in [2.05, 4.69) is 15.3 Å². The smallest absolute Gasteiger partial charge is 0.356 e. The molecule has 0 amide bonds. The summed E-state index contributed by atoms with van der Waals surface area (Å²) in [5.41, 5.74) is 2.03. The fourth-order valence-electron chi connectivity index (χ4n) is 3.69. The molecule has 0 saturated heterocycles. The van der Waals surface area contributed by atoms with Crippen molar-refractivity contribution >= 4 is 34.2 Å². The monoisotopic (exact) mass is 467 g/mol. The third kappa shape index (κ3) is 4.29. The van der Waals surface area contributed by atoms with Crippen LogP contribution in [0.3, 0.4) is 0 Å². The van der Waals surface area contributed by atoms with E-state index in [1.54, 1.807) is 26.0 Å². The normalized spacial score (nSPS) is 12.0. The zero-order chi connectivity index (χ0) is 23.9. The highest BCUT2D eigenvalue weighted by Crippen LogP contribution is 2.32. The molecule has 0 unspecified atom stereocenters. The van der Waals surface area contributed by atoms with Crippen LogP contribution in [0.2, 0.25) is 5.15 Å². The number of pyridine rings is 2. The third-order valence-corrected chi connectivity index (χ3v) is 5.45. The van der Waals surface area contributed by atoms with Crippen molar-refractivity contribution in [1.29, 1.82) is 0 Å². The van der Waals surface area contributed by atoms with Gasteiger partial charge in [0.25, 0.3) is 0 Å². The Kier molecular flexibility index (Phi) is 5.86. The van der Waals surface area contributed by atoms with Crippen molar-refractivity contribution in [2.45, 2.75) is 26.8 Å². The first kappa shape index (κ1) is 22.4. The number of carboxylic acids is 1. The van der Waals surface area contributed by atoms with Crippen molar-refractivity contribution in [3.8, 4) is 11.5 Å². The number of aromatic carboxylic acids is 1. The molecule has 3 aromatic heterocycles. The Hall–Kier alpha value is -3.78. The molecule has 1 atom stereocenters. The lowest BCUT2D eigenvalue weighted by Crippen LogP contribution is -2.14. The van der Waals surface area contributed by atoms with Crippen LogP contribution in [0.4, 0.5) is 10.1 Å². The molecule has 0 aliphatic heterocycles. The van der Waals surface area contributed by atoms with Crippen LogP contribution in [0.15, 0.2) is 51.7 Å². The molecule has 9 heteroatoms. The Bertz CT molecular complexity index is 1470. The maximum Gasteiger partial charge on any atom is 0.356 e. The summed E-state index contributed by atoms with van der Waals surface area (Å²) in [5.74, 6) is -1.75. The van der Waals surface area contributed by atoms with E-state index in [1.165, 1.54) is 24.3 Å². The molecule has 7 nitrogen and oxygen atoms in total. The predicted octanol–water partition coefficient (Wildman–Crippen LogP) is 5.53. The SMILES string of the molecule is Cc1cc([C@@H](C)Nc2ccc(Cl)nc2C(=O)O)c2oc(-c3cccc(F)n3)c(C)c(=O)c2c1. The first-order chi connectivity index (χ1) is 15.7. The molecule has 4 aromatic rings. The van der Waals surface area contributed by atoms with Gasteiger partial charge in [0.05, 0.1) is 17.1 Å². The van der Waals surface area contributed by atoms with E-state index in [9.17, 15) is 19.1 Å². The van der Waals surface area contributed by atoms with Crippen LogP contribution in [-0.4, -0.2) is 21.0 Å². The van der Waals surface area contributed by atoms with Crippen molar-refractivity contribution < 1.29 is 18.7 Å². The predicted molar refractivity (Wildman–Crippen MR) is 123 cm³/mol. The number of nitrogens with zero attached hydrogens (tertiary/aromatic N) is 2. The van der Waals surface area contributed by atoms with E-state index >= 15 is 0 Å². The van der Waals surface area contributed by atoms with Crippen LogP contribution in [0, 0.1) is 19.8 Å². The summed E-state index contributed by atoms with van der Waals surface area (Å²) >= 11 is 5.85. The number of carbonyl (C=O) groups is 1. The Morgan fingerprint density at radius 1 is 1.18 bits per heavy atom. The summed E-state index contributed by atoms with van der Waals surface area (Å²) in [6, 6.07) is 10.3. The molecule has 0 spiro atoms. The van der Waals surface area contributed by atoms with Gasteiger partial charge in [-0.2, -0.15) is 4.39 Å². The third-order valence-electron chi connectivity index (χ3n) is 5.24. The fraction of sp³-hybridized carbons (Fsp3) is 0.167. The van der Waals surface area contributed by atoms with E-state index in [0.29, 0.717) is 22.1 Å². The van der Waals surface area contributed by atoms with Crippen molar-refractivity contribution in [3.63, 3.8) is 0 Å². The number of halogens is 2. The highest BCUT2D eigenvalue weighted by Gasteiger charge is 2.21. The van der Waals surface area contributed by atoms with Crippen molar-refractivity contribution in [2.24, 2.45) is 0 Å². The van der Waals surface area contributed by atoms with Gasteiger partial charge in [-0.15, -0.1) is 0 Å². The molecule has 0 fully saturated rings. The van der Waals surface area contributed by atoms with Crippen molar-refractivity contribution in [3.05, 3.63) is 86.2 Å². The van der Waals surface area contributed by atoms with Gasteiger partial charge in [0, 0.05) is 11.1 Å². The second-order valence-electron chi connectivity index (χ2n) is 7.66. The van der Waals surface area contributed by atoms with E-state index in [-0.39, 0.29) is 33.4 Å². The Morgan fingerprint density at radius 2 is 1.94 bits per heavy atom. The number of anilines is 1. The number of benzene rings is 1. The Balaban J connectivity index is 1.89. The van der Waals surface area contributed by atoms with Gasteiger partial charge in [-0.3, -0.25) is 4.79 Å². The number of carboxylic acid groups (broad SMARTS) is 1. The number of aryl methyl sites for hydroxylation is 1. The van der Waals surface area contributed by atoms with Crippen LogP contribution in [-0.2, 0) is 0 Å². The number of fused-ring (bicyclic) bond motifs is 1. The van der Waals surface area contributed by atoms with Crippen molar-refractivity contribution in [2.75, 3.05) is 5.32 Å². The van der Waals surface area contributed by atoms with E-state index in [4.69, 9.17) is 16.0 Å². The molecule has 1 aromatic carbocycles. The minimum atomic E-state index is -1.23. The summed E-state index contributed by atoms with van der Waals surface area (Å²) in [5, 5.41) is 13.0. The molecular weight excluding hydrogens is 449 g/mol. The van der Waals surface area contributed by atoms with Gasteiger partial charge in [-0.1, -0.05) is 23.7 Å². The minimum Gasteiger partial charge on any atom is -0.476 e. The molecule has 0 aliphatic rings. The minimum absolute atomic E-state index is 0.0558. The van der Waals surface area contributed by atoms with Crippen molar-refractivity contribution in [1.82, 2.24) is 9.97 Å². The van der Waals surface area contributed by atoms with Gasteiger partial charge in [0.2, 0.25) is 5.95 Å². The first-order valence-corrected chi connectivity index (χ1v) is 10.4. The number of aromatic nitrogens is 2. The first-order valence-electron chi connectivity index (χ1n) is 10.0. The quantitative estimate of drug-likeness (QED) is 0.372.